The fourth-order valence-corrected chi connectivity index (χ4v) is 1.79. The SMILES string of the molecule is CNCCc1c(Br)ccc(F)c1OC. The number of methoxy groups -OCH3 is 1. The van der Waals surface area contributed by atoms with Crippen LogP contribution in [0.3, 0.4) is 0 Å². The molecule has 1 N–H and O–H groups in total. The van der Waals surface area contributed by atoms with E-state index in [1.807, 2.05) is 7.05 Å². The molecule has 0 fully saturated rings. The number of rotatable bonds is 4. The average molecular weight is 262 g/mol. The highest BCUT2D eigenvalue weighted by molar-refractivity contribution is 9.10. The van der Waals surface area contributed by atoms with Crippen LogP contribution in [0.25, 0.3) is 0 Å². The van der Waals surface area contributed by atoms with E-state index in [2.05, 4.69) is 21.2 Å². The van der Waals surface area contributed by atoms with Crippen molar-refractivity contribution in [2.24, 2.45) is 0 Å². The first-order valence-corrected chi connectivity index (χ1v) is 5.15. The molecule has 0 saturated carbocycles. The molecule has 4 heteroatoms. The molecule has 0 spiro atoms. The smallest absolute Gasteiger partial charge is 0.165 e. The maximum atomic E-state index is 13.3. The molecule has 0 saturated heterocycles. The number of hydrogen-bond acceptors (Lipinski definition) is 2. The van der Waals surface area contributed by atoms with Gasteiger partial charge in [0, 0.05) is 10.0 Å². The van der Waals surface area contributed by atoms with Gasteiger partial charge < -0.3 is 10.1 Å². The fourth-order valence-electron chi connectivity index (χ4n) is 1.28. The second-order valence-corrected chi connectivity index (χ2v) is 3.75. The molecule has 1 aromatic carbocycles. The highest BCUT2D eigenvalue weighted by Gasteiger charge is 2.11. The van der Waals surface area contributed by atoms with Gasteiger partial charge in [0.2, 0.25) is 0 Å². The molecule has 2 nitrogen and oxygen atoms in total. The molecule has 14 heavy (non-hydrogen) atoms. The van der Waals surface area contributed by atoms with Crippen molar-refractivity contribution in [2.45, 2.75) is 6.42 Å². The second kappa shape index (κ2) is 5.32. The Kier molecular flexibility index (Phi) is 4.35. The zero-order valence-corrected chi connectivity index (χ0v) is 9.82. The molecule has 0 aliphatic heterocycles. The van der Waals surface area contributed by atoms with E-state index < -0.39 is 0 Å². The molecule has 0 aromatic heterocycles. The maximum absolute atomic E-state index is 13.3. The summed E-state index contributed by atoms with van der Waals surface area (Å²) in [4.78, 5) is 0. The zero-order valence-electron chi connectivity index (χ0n) is 8.23. The summed E-state index contributed by atoms with van der Waals surface area (Å²) in [5, 5.41) is 3.02. The monoisotopic (exact) mass is 261 g/mol. The van der Waals surface area contributed by atoms with Crippen LogP contribution >= 0.6 is 15.9 Å². The molecule has 78 valence electrons. The van der Waals surface area contributed by atoms with Crippen LogP contribution in [0, 0.1) is 5.82 Å². The van der Waals surface area contributed by atoms with Gasteiger partial charge in [-0.15, -0.1) is 0 Å². The largest absolute Gasteiger partial charge is 0.493 e. The van der Waals surface area contributed by atoms with Crippen LogP contribution in [0.4, 0.5) is 4.39 Å². The van der Waals surface area contributed by atoms with Crippen molar-refractivity contribution in [3.05, 3.63) is 28.0 Å². The lowest BCUT2D eigenvalue weighted by Crippen LogP contribution is -2.11. The Labute approximate surface area is 91.6 Å². The first-order chi connectivity index (χ1) is 6.70. The van der Waals surface area contributed by atoms with E-state index in [1.54, 1.807) is 6.07 Å². The summed E-state index contributed by atoms with van der Waals surface area (Å²) >= 11 is 3.38. The van der Waals surface area contributed by atoms with E-state index in [9.17, 15) is 4.39 Å². The van der Waals surface area contributed by atoms with Gasteiger partial charge in [0.05, 0.1) is 7.11 Å². The lowest BCUT2D eigenvalue weighted by molar-refractivity contribution is 0.380. The van der Waals surface area contributed by atoms with Crippen molar-refractivity contribution in [1.82, 2.24) is 5.32 Å². The molecular formula is C10H13BrFNO. The van der Waals surface area contributed by atoms with Crippen LogP contribution in [0.2, 0.25) is 0 Å². The topological polar surface area (TPSA) is 21.3 Å². The first-order valence-electron chi connectivity index (χ1n) is 4.36. The first kappa shape index (κ1) is 11.5. The van der Waals surface area contributed by atoms with Gasteiger partial charge >= 0.3 is 0 Å². The predicted octanol–water partition coefficient (Wildman–Crippen LogP) is 2.36. The fraction of sp³-hybridized carbons (Fsp3) is 0.400. The maximum Gasteiger partial charge on any atom is 0.165 e. The van der Waals surface area contributed by atoms with Crippen LogP contribution in [-0.4, -0.2) is 20.7 Å². The van der Waals surface area contributed by atoms with Gasteiger partial charge in [-0.25, -0.2) is 4.39 Å². The number of likely N-dealkylation sites (N-methyl/N-ethyl adjacent to an activating group) is 1. The quantitative estimate of drug-likeness (QED) is 0.899. The van der Waals surface area contributed by atoms with Crippen LogP contribution in [0.5, 0.6) is 5.75 Å². The summed E-state index contributed by atoms with van der Waals surface area (Å²) in [6.45, 7) is 0.790. The van der Waals surface area contributed by atoms with Crippen molar-refractivity contribution in [3.8, 4) is 5.75 Å². The van der Waals surface area contributed by atoms with Gasteiger partial charge in [-0.05, 0) is 32.1 Å². The normalized spacial score (nSPS) is 10.3. The van der Waals surface area contributed by atoms with E-state index in [0.717, 1.165) is 23.0 Å². The number of halogens is 2. The Morgan fingerprint density at radius 2 is 2.21 bits per heavy atom. The van der Waals surface area contributed by atoms with E-state index >= 15 is 0 Å². The number of hydrogen-bond donors (Lipinski definition) is 1. The van der Waals surface area contributed by atoms with Crippen LogP contribution in [0.1, 0.15) is 5.56 Å². The number of ether oxygens (including phenoxy) is 1. The van der Waals surface area contributed by atoms with Gasteiger partial charge in [0.25, 0.3) is 0 Å². The molecule has 0 heterocycles. The summed E-state index contributed by atoms with van der Waals surface area (Å²) in [7, 11) is 3.34. The van der Waals surface area contributed by atoms with Gasteiger partial charge in [0.1, 0.15) is 0 Å². The minimum atomic E-state index is -0.318. The highest BCUT2D eigenvalue weighted by Crippen LogP contribution is 2.29. The van der Waals surface area contributed by atoms with E-state index in [-0.39, 0.29) is 5.82 Å². The van der Waals surface area contributed by atoms with Crippen LogP contribution < -0.4 is 10.1 Å². The average Bonchev–Trinajstić information content (AvgIpc) is 2.19. The predicted molar refractivity (Wildman–Crippen MR) is 58.3 cm³/mol. The summed E-state index contributed by atoms with van der Waals surface area (Å²) in [5.41, 5.74) is 0.863. The summed E-state index contributed by atoms with van der Waals surface area (Å²) in [5.74, 6) is 0.0106. The van der Waals surface area contributed by atoms with Gasteiger partial charge in [-0.3, -0.25) is 0 Å². The Morgan fingerprint density at radius 3 is 2.79 bits per heavy atom. The number of benzene rings is 1. The Morgan fingerprint density at radius 1 is 1.50 bits per heavy atom. The van der Waals surface area contributed by atoms with Gasteiger partial charge in [-0.1, -0.05) is 15.9 Å². The van der Waals surface area contributed by atoms with Gasteiger partial charge in [0.15, 0.2) is 11.6 Å². The van der Waals surface area contributed by atoms with E-state index in [0.29, 0.717) is 5.75 Å². The standard InChI is InChI=1S/C10H13BrFNO/c1-13-6-5-7-8(11)3-4-9(12)10(7)14-2/h3-4,13H,5-6H2,1-2H3. The summed E-state index contributed by atoms with van der Waals surface area (Å²) < 4.78 is 19.2. The van der Waals surface area contributed by atoms with E-state index in [4.69, 9.17) is 4.74 Å². The Bertz CT molecular complexity index is 317. The third kappa shape index (κ3) is 2.45. The van der Waals surface area contributed by atoms with Crippen molar-refractivity contribution in [3.63, 3.8) is 0 Å². The summed E-state index contributed by atoms with van der Waals surface area (Å²) in [6.07, 6.45) is 0.734. The molecule has 0 aliphatic carbocycles. The minimum Gasteiger partial charge on any atom is -0.493 e. The Hall–Kier alpha value is -0.610. The third-order valence-corrected chi connectivity index (χ3v) is 2.73. The van der Waals surface area contributed by atoms with E-state index in [1.165, 1.54) is 13.2 Å². The molecule has 0 atom stereocenters. The minimum absolute atomic E-state index is 0.318. The lowest BCUT2D eigenvalue weighted by atomic mass is 10.1. The molecular weight excluding hydrogens is 249 g/mol. The van der Waals surface area contributed by atoms with Crippen molar-refractivity contribution >= 4 is 15.9 Å². The molecule has 1 aromatic rings. The molecule has 0 unspecified atom stereocenters. The Balaban J connectivity index is 3.03. The van der Waals surface area contributed by atoms with Gasteiger partial charge in [-0.2, -0.15) is 0 Å². The summed E-state index contributed by atoms with van der Waals surface area (Å²) in [6, 6.07) is 3.09. The van der Waals surface area contributed by atoms with Crippen LogP contribution in [-0.2, 0) is 6.42 Å². The molecule has 1 rings (SSSR count). The molecule has 0 bridgehead atoms. The van der Waals surface area contributed by atoms with Crippen molar-refractivity contribution in [1.29, 1.82) is 0 Å². The second-order valence-electron chi connectivity index (χ2n) is 2.89. The van der Waals surface area contributed by atoms with Crippen molar-refractivity contribution in [2.75, 3.05) is 20.7 Å². The third-order valence-electron chi connectivity index (χ3n) is 1.98. The molecule has 0 amide bonds. The number of nitrogens with one attached hydrogen (secondary N) is 1. The molecule has 0 radical (unpaired) electrons. The lowest BCUT2D eigenvalue weighted by Gasteiger charge is -2.11. The highest BCUT2D eigenvalue weighted by atomic mass is 79.9. The zero-order chi connectivity index (χ0) is 10.6. The molecule has 0 aliphatic rings. The van der Waals surface area contributed by atoms with Crippen molar-refractivity contribution < 1.29 is 9.13 Å². The van der Waals surface area contributed by atoms with Crippen LogP contribution in [0.15, 0.2) is 16.6 Å².